The zero-order chi connectivity index (χ0) is 21.5. The van der Waals surface area contributed by atoms with Crippen molar-refractivity contribution in [3.05, 3.63) is 66.2 Å². The van der Waals surface area contributed by atoms with Gasteiger partial charge in [-0.2, -0.15) is 5.10 Å². The molecule has 0 heterocycles. The number of hydrazone groups is 1. The summed E-state index contributed by atoms with van der Waals surface area (Å²) in [5, 5.41) is 6.09. The van der Waals surface area contributed by atoms with Crippen LogP contribution in [-0.2, 0) is 9.59 Å². The van der Waals surface area contributed by atoms with Crippen molar-refractivity contribution in [1.29, 1.82) is 0 Å². The van der Waals surface area contributed by atoms with Crippen LogP contribution in [0.15, 0.2) is 65.8 Å². The zero-order valence-electron chi connectivity index (χ0n) is 16.9. The molecule has 0 bridgehead atoms. The summed E-state index contributed by atoms with van der Waals surface area (Å²) in [5.41, 5.74) is 3.11. The summed E-state index contributed by atoms with van der Waals surface area (Å²) in [6.45, 7) is 2.96. The van der Waals surface area contributed by atoms with Crippen LogP contribution in [0.2, 0.25) is 0 Å². The topological polar surface area (TPSA) is 86.2 Å². The van der Waals surface area contributed by atoms with Gasteiger partial charge < -0.3 is 14.2 Å². The minimum Gasteiger partial charge on any atom is -0.493 e. The number of rotatable bonds is 7. The Morgan fingerprint density at radius 3 is 2.50 bits per heavy atom. The van der Waals surface area contributed by atoms with E-state index in [1.54, 1.807) is 25.1 Å². The van der Waals surface area contributed by atoms with Gasteiger partial charge in [0.05, 0.1) is 13.3 Å². The Morgan fingerprint density at radius 2 is 1.77 bits per heavy atom. The van der Waals surface area contributed by atoms with E-state index in [4.69, 9.17) is 14.2 Å². The lowest BCUT2D eigenvalue weighted by Gasteiger charge is -2.13. The number of nitrogens with zero attached hydrogens (tertiary/aromatic N) is 1. The number of hydrogen-bond acceptors (Lipinski definition) is 6. The highest BCUT2D eigenvalue weighted by molar-refractivity contribution is 5.86. The lowest BCUT2D eigenvalue weighted by molar-refractivity contribution is -0.132. The first-order chi connectivity index (χ1) is 14.5. The van der Waals surface area contributed by atoms with Crippen LogP contribution in [0.4, 0.5) is 0 Å². The second-order valence-corrected chi connectivity index (χ2v) is 6.51. The number of carbonyl (C=O) groups excluding carboxylic acids is 2. The van der Waals surface area contributed by atoms with Gasteiger partial charge in [-0.1, -0.05) is 30.3 Å². The van der Waals surface area contributed by atoms with Crippen molar-refractivity contribution in [3.8, 4) is 17.2 Å². The molecule has 3 aromatic carbocycles. The Hall–Kier alpha value is -3.87. The Bertz CT molecular complexity index is 1090. The predicted molar refractivity (Wildman–Crippen MR) is 114 cm³/mol. The molecule has 0 aliphatic heterocycles. The maximum absolute atomic E-state index is 12.3. The van der Waals surface area contributed by atoms with E-state index in [2.05, 4.69) is 10.5 Å². The van der Waals surface area contributed by atoms with Crippen LogP contribution in [0, 0.1) is 0 Å². The number of hydrogen-bond donors (Lipinski definition) is 1. The summed E-state index contributed by atoms with van der Waals surface area (Å²) in [6.07, 6.45) is 0.727. The Labute approximate surface area is 174 Å². The van der Waals surface area contributed by atoms with Crippen molar-refractivity contribution >= 4 is 28.9 Å². The van der Waals surface area contributed by atoms with Crippen molar-refractivity contribution in [2.45, 2.75) is 20.0 Å². The lowest BCUT2D eigenvalue weighted by Crippen LogP contribution is -2.33. The van der Waals surface area contributed by atoms with Crippen LogP contribution in [0.3, 0.4) is 0 Å². The van der Waals surface area contributed by atoms with Crippen molar-refractivity contribution in [2.24, 2.45) is 5.10 Å². The van der Waals surface area contributed by atoms with Crippen LogP contribution in [0.1, 0.15) is 19.4 Å². The third-order valence-electron chi connectivity index (χ3n) is 4.23. The molecule has 7 nitrogen and oxygen atoms in total. The van der Waals surface area contributed by atoms with Gasteiger partial charge in [-0.05, 0) is 53.6 Å². The fourth-order valence-electron chi connectivity index (χ4n) is 2.76. The third-order valence-corrected chi connectivity index (χ3v) is 4.23. The van der Waals surface area contributed by atoms with E-state index in [1.807, 2.05) is 42.5 Å². The highest BCUT2D eigenvalue weighted by atomic mass is 16.6. The predicted octanol–water partition coefficient (Wildman–Crippen LogP) is 3.69. The lowest BCUT2D eigenvalue weighted by atomic mass is 10.1. The Balaban J connectivity index is 1.59. The molecule has 0 aliphatic carbocycles. The van der Waals surface area contributed by atoms with Crippen molar-refractivity contribution in [1.82, 2.24) is 5.43 Å². The van der Waals surface area contributed by atoms with E-state index >= 15 is 0 Å². The van der Waals surface area contributed by atoms with Crippen LogP contribution in [0.5, 0.6) is 17.2 Å². The maximum Gasteiger partial charge on any atom is 0.308 e. The van der Waals surface area contributed by atoms with Gasteiger partial charge in [-0.25, -0.2) is 5.43 Å². The monoisotopic (exact) mass is 406 g/mol. The van der Waals surface area contributed by atoms with E-state index < -0.39 is 12.1 Å². The molecule has 3 aromatic rings. The van der Waals surface area contributed by atoms with E-state index in [1.165, 1.54) is 20.2 Å². The van der Waals surface area contributed by atoms with Gasteiger partial charge in [0.1, 0.15) is 5.75 Å². The molecule has 0 aliphatic rings. The molecule has 3 rings (SSSR count). The number of nitrogens with one attached hydrogen (secondary N) is 1. The molecule has 1 N–H and O–H groups in total. The van der Waals surface area contributed by atoms with Gasteiger partial charge in [-0.15, -0.1) is 0 Å². The van der Waals surface area contributed by atoms with Crippen molar-refractivity contribution < 1.29 is 23.8 Å². The van der Waals surface area contributed by atoms with E-state index in [-0.39, 0.29) is 5.91 Å². The molecule has 7 heteroatoms. The molecule has 30 heavy (non-hydrogen) atoms. The van der Waals surface area contributed by atoms with Gasteiger partial charge in [-0.3, -0.25) is 9.59 Å². The summed E-state index contributed by atoms with van der Waals surface area (Å²) in [4.78, 5) is 23.4. The van der Waals surface area contributed by atoms with Gasteiger partial charge in [0.15, 0.2) is 17.6 Å². The summed E-state index contributed by atoms with van der Waals surface area (Å²) in [6, 6.07) is 18.5. The molecule has 1 atom stereocenters. The standard InChI is InChI=1S/C23H22N2O5/c1-15(29-20-10-9-18-6-4-5-7-19(18)13-20)23(27)25-24-14-17-8-11-21(30-16(2)26)22(12-17)28-3/h4-15H,1-3H3,(H,25,27)/b24-14+. The summed E-state index contributed by atoms with van der Waals surface area (Å²) >= 11 is 0. The number of amides is 1. The molecule has 0 fully saturated rings. The molecular formula is C23H22N2O5. The van der Waals surface area contributed by atoms with Crippen molar-refractivity contribution in [2.75, 3.05) is 7.11 Å². The van der Waals surface area contributed by atoms with Crippen LogP contribution >= 0.6 is 0 Å². The van der Waals surface area contributed by atoms with Crippen molar-refractivity contribution in [3.63, 3.8) is 0 Å². The minimum absolute atomic E-state index is 0.309. The molecular weight excluding hydrogens is 384 g/mol. The Kier molecular flexibility index (Phi) is 6.64. The number of benzene rings is 3. The number of ether oxygens (including phenoxy) is 3. The molecule has 0 saturated heterocycles. The molecule has 1 unspecified atom stereocenters. The maximum atomic E-state index is 12.3. The smallest absolute Gasteiger partial charge is 0.308 e. The third kappa shape index (κ3) is 5.35. The van der Waals surface area contributed by atoms with Gasteiger partial charge in [0.2, 0.25) is 0 Å². The van der Waals surface area contributed by atoms with E-state index in [0.717, 1.165) is 10.8 Å². The van der Waals surface area contributed by atoms with Gasteiger partial charge >= 0.3 is 5.97 Å². The van der Waals surface area contributed by atoms with E-state index in [9.17, 15) is 9.59 Å². The SMILES string of the molecule is COc1cc(/C=N/NC(=O)C(C)Oc2ccc3ccccc3c2)ccc1OC(C)=O. The first-order valence-corrected chi connectivity index (χ1v) is 9.31. The first-order valence-electron chi connectivity index (χ1n) is 9.31. The average molecular weight is 406 g/mol. The first kappa shape index (κ1) is 20.9. The van der Waals surface area contributed by atoms with E-state index in [0.29, 0.717) is 22.8 Å². The zero-order valence-corrected chi connectivity index (χ0v) is 16.9. The molecule has 154 valence electrons. The Morgan fingerprint density at radius 1 is 1.00 bits per heavy atom. The summed E-state index contributed by atoms with van der Waals surface area (Å²) in [7, 11) is 1.47. The van der Waals surface area contributed by atoms with Gasteiger partial charge in [0, 0.05) is 6.92 Å². The summed E-state index contributed by atoms with van der Waals surface area (Å²) < 4.78 is 16.0. The minimum atomic E-state index is -0.732. The van der Waals surface area contributed by atoms with Gasteiger partial charge in [0.25, 0.3) is 5.91 Å². The number of fused-ring (bicyclic) bond motifs is 1. The second-order valence-electron chi connectivity index (χ2n) is 6.51. The molecule has 0 saturated carbocycles. The number of methoxy groups -OCH3 is 1. The quantitative estimate of drug-likeness (QED) is 0.280. The average Bonchev–Trinajstić information content (AvgIpc) is 2.74. The molecule has 1 amide bonds. The highest BCUT2D eigenvalue weighted by Gasteiger charge is 2.14. The normalized spacial score (nSPS) is 11.8. The molecule has 0 aromatic heterocycles. The molecule has 0 spiro atoms. The fraction of sp³-hybridized carbons (Fsp3) is 0.174. The number of carbonyl (C=O) groups is 2. The summed E-state index contributed by atoms with van der Waals surface area (Å²) in [5.74, 6) is 0.466. The fourth-order valence-corrected chi connectivity index (χ4v) is 2.76. The van der Waals surface area contributed by atoms with Crippen LogP contribution in [-0.4, -0.2) is 31.3 Å². The number of esters is 1. The van der Waals surface area contributed by atoms with Crippen LogP contribution in [0.25, 0.3) is 10.8 Å². The second kappa shape index (κ2) is 9.56. The molecule has 0 radical (unpaired) electrons. The highest BCUT2D eigenvalue weighted by Crippen LogP contribution is 2.27. The largest absolute Gasteiger partial charge is 0.493 e. The van der Waals surface area contributed by atoms with Crippen LogP contribution < -0.4 is 19.6 Å².